The zero-order chi connectivity index (χ0) is 16.7. The molecule has 124 valence electrons. The number of ether oxygens (including phenoxy) is 1. The van der Waals surface area contributed by atoms with Gasteiger partial charge >= 0.3 is 0 Å². The Morgan fingerprint density at radius 3 is 2.62 bits per heavy atom. The van der Waals surface area contributed by atoms with Crippen LogP contribution in [0.25, 0.3) is 16.8 Å². The van der Waals surface area contributed by atoms with Crippen molar-refractivity contribution < 1.29 is 9.53 Å². The SMILES string of the molecule is CCn1c2ccccc2n2c(=O)c(C(=O)N3CCOCC3)cnc12. The Bertz CT molecular complexity index is 983. The number of amides is 1. The van der Waals surface area contributed by atoms with E-state index in [1.54, 1.807) is 4.90 Å². The fourth-order valence-electron chi connectivity index (χ4n) is 3.24. The van der Waals surface area contributed by atoms with Crippen molar-refractivity contribution >= 4 is 22.7 Å². The minimum atomic E-state index is -0.320. The maximum absolute atomic E-state index is 13.0. The van der Waals surface area contributed by atoms with E-state index in [-0.39, 0.29) is 17.0 Å². The molecule has 7 heteroatoms. The lowest BCUT2D eigenvalue weighted by Crippen LogP contribution is -2.43. The van der Waals surface area contributed by atoms with Gasteiger partial charge in [-0.25, -0.2) is 9.38 Å². The topological polar surface area (TPSA) is 68.8 Å². The average molecular weight is 326 g/mol. The van der Waals surface area contributed by atoms with Crippen LogP contribution in [0.1, 0.15) is 17.3 Å². The quantitative estimate of drug-likeness (QED) is 0.708. The van der Waals surface area contributed by atoms with Gasteiger partial charge in [-0.15, -0.1) is 0 Å². The van der Waals surface area contributed by atoms with Crippen LogP contribution in [-0.4, -0.2) is 51.1 Å². The first-order valence-electron chi connectivity index (χ1n) is 8.08. The highest BCUT2D eigenvalue weighted by Gasteiger charge is 2.23. The lowest BCUT2D eigenvalue weighted by molar-refractivity contribution is 0.0301. The number of carbonyl (C=O) groups is 1. The van der Waals surface area contributed by atoms with Crippen LogP contribution in [0.3, 0.4) is 0 Å². The molecule has 3 aromatic rings. The van der Waals surface area contributed by atoms with Crippen molar-refractivity contribution in [1.82, 2.24) is 18.9 Å². The Labute approximate surface area is 138 Å². The van der Waals surface area contributed by atoms with E-state index < -0.39 is 0 Å². The number of fused-ring (bicyclic) bond motifs is 3. The number of carbonyl (C=O) groups excluding carboxylic acids is 1. The minimum Gasteiger partial charge on any atom is -0.378 e. The van der Waals surface area contributed by atoms with Gasteiger partial charge in [0.05, 0.1) is 24.2 Å². The van der Waals surface area contributed by atoms with Crippen molar-refractivity contribution in [3.63, 3.8) is 0 Å². The summed E-state index contributed by atoms with van der Waals surface area (Å²) in [5.74, 6) is 0.278. The number of para-hydroxylation sites is 2. The summed E-state index contributed by atoms with van der Waals surface area (Å²) in [6.07, 6.45) is 1.40. The number of nitrogens with zero attached hydrogens (tertiary/aromatic N) is 4. The molecule has 1 fully saturated rings. The zero-order valence-electron chi connectivity index (χ0n) is 13.4. The van der Waals surface area contributed by atoms with Gasteiger partial charge in [-0.3, -0.25) is 9.59 Å². The van der Waals surface area contributed by atoms with E-state index in [1.807, 2.05) is 35.8 Å². The molecule has 2 aromatic heterocycles. The van der Waals surface area contributed by atoms with Gasteiger partial charge < -0.3 is 14.2 Å². The molecule has 1 saturated heterocycles. The molecular weight excluding hydrogens is 308 g/mol. The predicted octanol–water partition coefficient (Wildman–Crippen LogP) is 1.14. The highest BCUT2D eigenvalue weighted by atomic mass is 16.5. The third-order valence-electron chi connectivity index (χ3n) is 4.44. The van der Waals surface area contributed by atoms with Crippen molar-refractivity contribution in [1.29, 1.82) is 0 Å². The number of aryl methyl sites for hydroxylation is 1. The van der Waals surface area contributed by atoms with Gasteiger partial charge in [-0.1, -0.05) is 12.1 Å². The van der Waals surface area contributed by atoms with Gasteiger partial charge in [0.1, 0.15) is 5.56 Å². The minimum absolute atomic E-state index is 0.105. The molecule has 1 amide bonds. The van der Waals surface area contributed by atoms with E-state index in [0.29, 0.717) is 38.6 Å². The van der Waals surface area contributed by atoms with Crippen molar-refractivity contribution in [2.24, 2.45) is 0 Å². The van der Waals surface area contributed by atoms with Crippen LogP contribution in [0.15, 0.2) is 35.3 Å². The van der Waals surface area contributed by atoms with E-state index in [9.17, 15) is 9.59 Å². The van der Waals surface area contributed by atoms with E-state index in [4.69, 9.17) is 4.74 Å². The smallest absolute Gasteiger partial charge is 0.272 e. The first-order chi connectivity index (χ1) is 11.7. The second kappa shape index (κ2) is 5.76. The molecule has 1 aliphatic heterocycles. The fourth-order valence-corrected chi connectivity index (χ4v) is 3.24. The molecule has 4 rings (SSSR count). The van der Waals surface area contributed by atoms with Crippen molar-refractivity contribution in [3.8, 4) is 0 Å². The van der Waals surface area contributed by atoms with E-state index in [1.165, 1.54) is 10.6 Å². The Morgan fingerprint density at radius 1 is 1.21 bits per heavy atom. The van der Waals surface area contributed by atoms with Crippen LogP contribution < -0.4 is 5.56 Å². The van der Waals surface area contributed by atoms with E-state index in [2.05, 4.69) is 4.98 Å². The van der Waals surface area contributed by atoms with Crippen LogP contribution in [0.2, 0.25) is 0 Å². The fraction of sp³-hybridized carbons (Fsp3) is 0.353. The highest BCUT2D eigenvalue weighted by Crippen LogP contribution is 2.18. The Hall–Kier alpha value is -2.67. The largest absolute Gasteiger partial charge is 0.378 e. The monoisotopic (exact) mass is 326 g/mol. The summed E-state index contributed by atoms with van der Waals surface area (Å²) < 4.78 is 8.77. The molecule has 0 aliphatic carbocycles. The predicted molar refractivity (Wildman–Crippen MR) is 89.4 cm³/mol. The second-order valence-electron chi connectivity index (χ2n) is 5.75. The molecule has 0 radical (unpaired) electrons. The van der Waals surface area contributed by atoms with Gasteiger partial charge in [0.15, 0.2) is 0 Å². The third-order valence-corrected chi connectivity index (χ3v) is 4.44. The number of morpholine rings is 1. The first kappa shape index (κ1) is 14.9. The summed E-state index contributed by atoms with van der Waals surface area (Å²) in [4.78, 5) is 31.7. The Balaban J connectivity index is 1.93. The lowest BCUT2D eigenvalue weighted by Gasteiger charge is -2.26. The molecule has 0 bridgehead atoms. The zero-order valence-corrected chi connectivity index (χ0v) is 13.4. The molecule has 0 N–H and O–H groups in total. The molecule has 1 aliphatic rings. The summed E-state index contributed by atoms with van der Waals surface area (Å²) >= 11 is 0. The Morgan fingerprint density at radius 2 is 1.92 bits per heavy atom. The second-order valence-corrected chi connectivity index (χ2v) is 5.75. The highest BCUT2D eigenvalue weighted by molar-refractivity contribution is 5.94. The number of hydrogen-bond acceptors (Lipinski definition) is 4. The summed E-state index contributed by atoms with van der Waals surface area (Å²) in [5.41, 5.74) is 1.48. The van der Waals surface area contributed by atoms with Gasteiger partial charge in [0, 0.05) is 25.8 Å². The molecule has 0 unspecified atom stereocenters. The number of benzene rings is 1. The van der Waals surface area contributed by atoms with Crippen molar-refractivity contribution in [2.75, 3.05) is 26.3 Å². The van der Waals surface area contributed by atoms with Gasteiger partial charge in [0.2, 0.25) is 5.78 Å². The number of aromatic nitrogens is 3. The molecule has 3 heterocycles. The summed E-state index contributed by atoms with van der Waals surface area (Å²) in [7, 11) is 0. The number of hydrogen-bond donors (Lipinski definition) is 0. The van der Waals surface area contributed by atoms with Crippen LogP contribution in [0.4, 0.5) is 0 Å². The summed E-state index contributed by atoms with van der Waals surface area (Å²) in [5, 5.41) is 0. The van der Waals surface area contributed by atoms with Gasteiger partial charge in [-0.2, -0.15) is 0 Å². The van der Waals surface area contributed by atoms with Crippen LogP contribution in [0, 0.1) is 0 Å². The maximum atomic E-state index is 13.0. The molecule has 0 atom stereocenters. The first-order valence-corrected chi connectivity index (χ1v) is 8.08. The van der Waals surface area contributed by atoms with E-state index >= 15 is 0 Å². The standard InChI is InChI=1S/C17H18N4O3/c1-2-20-13-5-3-4-6-14(13)21-16(23)12(11-18-17(20)21)15(22)19-7-9-24-10-8-19/h3-6,11H,2,7-10H2,1H3. The Kier molecular flexibility index (Phi) is 3.57. The lowest BCUT2D eigenvalue weighted by atomic mass is 10.2. The summed E-state index contributed by atoms with van der Waals surface area (Å²) in [6.45, 7) is 4.69. The van der Waals surface area contributed by atoms with E-state index in [0.717, 1.165) is 11.0 Å². The molecule has 0 saturated carbocycles. The van der Waals surface area contributed by atoms with Crippen LogP contribution >= 0.6 is 0 Å². The third kappa shape index (κ3) is 2.12. The molecule has 24 heavy (non-hydrogen) atoms. The normalized spacial score (nSPS) is 15.3. The van der Waals surface area contributed by atoms with Crippen LogP contribution in [-0.2, 0) is 11.3 Å². The average Bonchev–Trinajstić information content (AvgIpc) is 2.96. The number of imidazole rings is 1. The van der Waals surface area contributed by atoms with Gasteiger partial charge in [-0.05, 0) is 19.1 Å². The molecular formula is C17H18N4O3. The molecule has 1 aromatic carbocycles. The van der Waals surface area contributed by atoms with Crippen molar-refractivity contribution in [2.45, 2.75) is 13.5 Å². The van der Waals surface area contributed by atoms with Gasteiger partial charge in [0.25, 0.3) is 11.5 Å². The molecule has 0 spiro atoms. The van der Waals surface area contributed by atoms with Crippen LogP contribution in [0.5, 0.6) is 0 Å². The van der Waals surface area contributed by atoms with Crippen molar-refractivity contribution in [3.05, 3.63) is 46.4 Å². The molecule has 7 nitrogen and oxygen atoms in total. The number of rotatable bonds is 2. The maximum Gasteiger partial charge on any atom is 0.272 e. The summed E-state index contributed by atoms with van der Waals surface area (Å²) in [6, 6.07) is 7.64.